The van der Waals surface area contributed by atoms with Crippen LogP contribution in [0.15, 0.2) is 18.2 Å². The van der Waals surface area contributed by atoms with Crippen molar-refractivity contribution >= 4 is 11.9 Å². The van der Waals surface area contributed by atoms with E-state index in [2.05, 4.69) is 5.32 Å². The zero-order chi connectivity index (χ0) is 15.1. The number of rotatable bonds is 7. The van der Waals surface area contributed by atoms with Crippen LogP contribution in [-0.4, -0.2) is 35.2 Å². The number of carboxylic acid groups (broad SMARTS) is 1. The van der Waals surface area contributed by atoms with Gasteiger partial charge in [-0.25, -0.2) is 4.79 Å². The summed E-state index contributed by atoms with van der Waals surface area (Å²) in [6.45, 7) is 1.94. The third-order valence-corrected chi connectivity index (χ3v) is 2.91. The van der Waals surface area contributed by atoms with Crippen molar-refractivity contribution in [3.8, 4) is 11.5 Å². The Morgan fingerprint density at radius 3 is 2.65 bits per heavy atom. The molecule has 3 N–H and O–H groups in total. The molecule has 0 radical (unpaired) electrons. The van der Waals surface area contributed by atoms with Crippen LogP contribution in [0.5, 0.6) is 11.5 Å². The van der Waals surface area contributed by atoms with Gasteiger partial charge in [-0.2, -0.15) is 0 Å². The number of phenolic OH excluding ortho intramolecular Hbond substituents is 1. The first kappa shape index (κ1) is 15.8. The molecule has 6 heteroatoms. The largest absolute Gasteiger partial charge is 0.504 e. The van der Waals surface area contributed by atoms with Gasteiger partial charge in [-0.05, 0) is 18.6 Å². The zero-order valence-corrected chi connectivity index (χ0v) is 11.5. The van der Waals surface area contributed by atoms with Crippen LogP contribution in [0.4, 0.5) is 0 Å². The lowest BCUT2D eigenvalue weighted by Gasteiger charge is -2.15. The molecule has 0 aliphatic rings. The summed E-state index contributed by atoms with van der Waals surface area (Å²) in [6, 6.07) is 3.51. The summed E-state index contributed by atoms with van der Waals surface area (Å²) in [5.41, 5.74) is -0.00732. The Bertz CT molecular complexity index is 486. The van der Waals surface area contributed by atoms with Crippen molar-refractivity contribution in [3.63, 3.8) is 0 Å². The van der Waals surface area contributed by atoms with E-state index in [0.29, 0.717) is 12.8 Å². The van der Waals surface area contributed by atoms with Gasteiger partial charge in [0.25, 0.3) is 5.91 Å². The Morgan fingerprint density at radius 2 is 2.10 bits per heavy atom. The van der Waals surface area contributed by atoms with Gasteiger partial charge < -0.3 is 20.3 Å². The molecule has 1 rings (SSSR count). The molecule has 6 nitrogen and oxygen atoms in total. The molecule has 0 unspecified atom stereocenters. The molecule has 1 aromatic carbocycles. The molecule has 0 aliphatic carbocycles. The topological polar surface area (TPSA) is 95.9 Å². The van der Waals surface area contributed by atoms with E-state index in [0.717, 1.165) is 6.42 Å². The summed E-state index contributed by atoms with van der Waals surface area (Å²) in [7, 11) is 1.37. The maximum atomic E-state index is 12.0. The Hall–Kier alpha value is -2.24. The highest BCUT2D eigenvalue weighted by atomic mass is 16.5. The van der Waals surface area contributed by atoms with Crippen LogP contribution in [0.2, 0.25) is 0 Å². The number of hydrogen-bond donors (Lipinski definition) is 3. The maximum Gasteiger partial charge on any atom is 0.326 e. The number of carbonyl (C=O) groups excluding carboxylic acids is 1. The number of benzene rings is 1. The van der Waals surface area contributed by atoms with E-state index in [1.807, 2.05) is 6.92 Å². The van der Waals surface area contributed by atoms with Crippen LogP contribution in [0, 0.1) is 0 Å². The number of aromatic hydroxyl groups is 1. The van der Waals surface area contributed by atoms with Crippen molar-refractivity contribution in [2.45, 2.75) is 32.2 Å². The highest BCUT2D eigenvalue weighted by Crippen LogP contribution is 2.29. The minimum absolute atomic E-state index is 0.00732. The average molecular weight is 281 g/mol. The zero-order valence-electron chi connectivity index (χ0n) is 11.5. The summed E-state index contributed by atoms with van der Waals surface area (Å²) in [4.78, 5) is 23.1. The van der Waals surface area contributed by atoms with Crippen LogP contribution in [0.25, 0.3) is 0 Å². The number of carboxylic acids is 1. The monoisotopic (exact) mass is 281 g/mol. The second-order valence-electron chi connectivity index (χ2n) is 4.36. The van der Waals surface area contributed by atoms with E-state index in [4.69, 9.17) is 9.84 Å². The Kier molecular flexibility index (Phi) is 5.83. The lowest BCUT2D eigenvalue weighted by molar-refractivity contribution is -0.139. The van der Waals surface area contributed by atoms with E-state index in [1.165, 1.54) is 19.2 Å². The summed E-state index contributed by atoms with van der Waals surface area (Å²) >= 11 is 0. The molecule has 20 heavy (non-hydrogen) atoms. The molecule has 0 aliphatic heterocycles. The number of aliphatic carboxylic acids is 1. The van der Waals surface area contributed by atoms with Gasteiger partial charge in [0, 0.05) is 0 Å². The molecule has 1 aromatic rings. The van der Waals surface area contributed by atoms with Crippen molar-refractivity contribution in [1.29, 1.82) is 0 Å². The number of unbranched alkanes of at least 4 members (excludes halogenated alkanes) is 1. The lowest BCUT2D eigenvalue weighted by Crippen LogP contribution is -2.40. The van der Waals surface area contributed by atoms with Crippen molar-refractivity contribution in [3.05, 3.63) is 23.8 Å². The number of amides is 1. The van der Waals surface area contributed by atoms with E-state index >= 15 is 0 Å². The van der Waals surface area contributed by atoms with E-state index in [1.54, 1.807) is 6.07 Å². The molecule has 0 aromatic heterocycles. The fourth-order valence-corrected chi connectivity index (χ4v) is 1.77. The average Bonchev–Trinajstić information content (AvgIpc) is 2.43. The summed E-state index contributed by atoms with van der Waals surface area (Å²) in [5.74, 6) is -1.86. The summed E-state index contributed by atoms with van der Waals surface area (Å²) in [5, 5.41) is 21.3. The maximum absolute atomic E-state index is 12.0. The predicted octanol–water partition coefficient (Wildman–Crippen LogP) is 1.77. The number of carbonyl (C=O) groups is 2. The number of nitrogens with one attached hydrogen (secondary N) is 1. The van der Waals surface area contributed by atoms with Crippen molar-refractivity contribution in [2.75, 3.05) is 7.11 Å². The van der Waals surface area contributed by atoms with Crippen LogP contribution in [-0.2, 0) is 4.79 Å². The number of ether oxygens (including phenoxy) is 1. The van der Waals surface area contributed by atoms with Crippen LogP contribution >= 0.6 is 0 Å². The Morgan fingerprint density at radius 1 is 1.40 bits per heavy atom. The van der Waals surface area contributed by atoms with Gasteiger partial charge in [0.2, 0.25) is 0 Å². The first-order valence-corrected chi connectivity index (χ1v) is 6.40. The predicted molar refractivity (Wildman–Crippen MR) is 73.1 cm³/mol. The fraction of sp³-hybridized carbons (Fsp3) is 0.429. The second kappa shape index (κ2) is 7.37. The van der Waals surface area contributed by atoms with Gasteiger partial charge in [0.05, 0.1) is 12.7 Å². The SMILES string of the molecule is CCCC[C@H](NC(=O)c1cccc(OC)c1O)C(=O)O. The van der Waals surface area contributed by atoms with E-state index in [-0.39, 0.29) is 17.1 Å². The third kappa shape index (κ3) is 3.88. The van der Waals surface area contributed by atoms with Crippen LogP contribution < -0.4 is 10.1 Å². The molecule has 110 valence electrons. The van der Waals surface area contributed by atoms with Gasteiger partial charge in [-0.3, -0.25) is 4.79 Å². The second-order valence-corrected chi connectivity index (χ2v) is 4.36. The van der Waals surface area contributed by atoms with E-state index < -0.39 is 17.9 Å². The number of methoxy groups -OCH3 is 1. The van der Waals surface area contributed by atoms with Gasteiger partial charge in [0.1, 0.15) is 6.04 Å². The van der Waals surface area contributed by atoms with Crippen molar-refractivity contribution in [2.24, 2.45) is 0 Å². The van der Waals surface area contributed by atoms with Gasteiger partial charge in [-0.1, -0.05) is 25.8 Å². The minimum Gasteiger partial charge on any atom is -0.504 e. The molecule has 0 spiro atoms. The molecule has 0 fully saturated rings. The quantitative estimate of drug-likeness (QED) is 0.708. The van der Waals surface area contributed by atoms with Gasteiger partial charge >= 0.3 is 5.97 Å². The lowest BCUT2D eigenvalue weighted by atomic mass is 10.1. The van der Waals surface area contributed by atoms with E-state index in [9.17, 15) is 14.7 Å². The van der Waals surface area contributed by atoms with Crippen LogP contribution in [0.3, 0.4) is 0 Å². The minimum atomic E-state index is -1.09. The summed E-state index contributed by atoms with van der Waals surface area (Å²) < 4.78 is 4.91. The third-order valence-electron chi connectivity index (χ3n) is 2.91. The number of para-hydroxylation sites is 1. The first-order valence-electron chi connectivity index (χ1n) is 6.40. The van der Waals surface area contributed by atoms with Crippen molar-refractivity contribution < 1.29 is 24.5 Å². The Balaban J connectivity index is 2.86. The molecule has 1 atom stereocenters. The molecular weight excluding hydrogens is 262 g/mol. The van der Waals surface area contributed by atoms with Crippen LogP contribution in [0.1, 0.15) is 36.5 Å². The van der Waals surface area contributed by atoms with Crippen molar-refractivity contribution in [1.82, 2.24) is 5.32 Å². The highest BCUT2D eigenvalue weighted by molar-refractivity contribution is 5.99. The molecule has 0 saturated carbocycles. The molecular formula is C14H19NO5. The standard InChI is InChI=1S/C14H19NO5/c1-3-4-7-10(14(18)19)15-13(17)9-6-5-8-11(20-2)12(9)16/h5-6,8,10,16H,3-4,7H2,1-2H3,(H,15,17)(H,18,19)/t10-/m0/s1. The first-order chi connectivity index (χ1) is 9.51. The summed E-state index contributed by atoms with van der Waals surface area (Å²) in [6.07, 6.45) is 1.88. The normalized spacial score (nSPS) is 11.7. The van der Waals surface area contributed by atoms with Gasteiger partial charge in [0.15, 0.2) is 11.5 Å². The number of phenols is 1. The molecule has 0 saturated heterocycles. The fourth-order valence-electron chi connectivity index (χ4n) is 1.77. The Labute approximate surface area is 117 Å². The smallest absolute Gasteiger partial charge is 0.326 e. The van der Waals surface area contributed by atoms with Gasteiger partial charge in [-0.15, -0.1) is 0 Å². The molecule has 0 bridgehead atoms. The molecule has 0 heterocycles. The molecule has 1 amide bonds. The number of hydrogen-bond acceptors (Lipinski definition) is 4. The highest BCUT2D eigenvalue weighted by Gasteiger charge is 2.22.